The van der Waals surface area contributed by atoms with Crippen molar-refractivity contribution >= 4 is 11.4 Å². The van der Waals surface area contributed by atoms with E-state index in [0.29, 0.717) is 30.5 Å². The summed E-state index contributed by atoms with van der Waals surface area (Å²) >= 11 is 0. The van der Waals surface area contributed by atoms with Crippen molar-refractivity contribution in [1.82, 2.24) is 5.32 Å². The van der Waals surface area contributed by atoms with Crippen LogP contribution in [0.3, 0.4) is 0 Å². The number of ether oxygens (including phenoxy) is 1. The van der Waals surface area contributed by atoms with Crippen LogP contribution in [0.4, 0.5) is 11.4 Å². The van der Waals surface area contributed by atoms with Gasteiger partial charge >= 0.3 is 5.69 Å². The largest absolute Gasteiger partial charge is 0.487 e. The summed E-state index contributed by atoms with van der Waals surface area (Å²) in [6, 6.07) is 6.69. The van der Waals surface area contributed by atoms with Crippen LogP contribution in [0, 0.1) is 10.1 Å². The molecule has 3 rings (SSSR count). The third-order valence-electron chi connectivity index (χ3n) is 4.30. The number of hydrogen-bond donors (Lipinski definition) is 2. The van der Waals surface area contributed by atoms with Gasteiger partial charge in [-0.15, -0.1) is 0 Å². The zero-order valence-electron chi connectivity index (χ0n) is 12.2. The Balaban J connectivity index is 1.73. The fourth-order valence-electron chi connectivity index (χ4n) is 3.44. The number of hydrogen-bond acceptors (Lipinski definition) is 5. The van der Waals surface area contributed by atoms with Crippen LogP contribution in [0.5, 0.6) is 5.75 Å². The molecule has 2 fully saturated rings. The van der Waals surface area contributed by atoms with Crippen molar-refractivity contribution in [1.29, 1.82) is 0 Å². The Morgan fingerprint density at radius 1 is 1.38 bits per heavy atom. The lowest BCUT2D eigenvalue weighted by molar-refractivity contribution is -0.385. The highest BCUT2D eigenvalue weighted by Gasteiger charge is 2.33. The highest BCUT2D eigenvalue weighted by molar-refractivity contribution is 5.58. The van der Waals surface area contributed by atoms with Crippen LogP contribution >= 0.6 is 0 Å². The summed E-state index contributed by atoms with van der Waals surface area (Å²) in [4.78, 5) is 10.6. The molecule has 6 nitrogen and oxygen atoms in total. The fraction of sp³-hybridized carbons (Fsp3) is 0.600. The number of nitrogens with one attached hydrogen (secondary N) is 2. The van der Waals surface area contributed by atoms with Gasteiger partial charge in [0.2, 0.25) is 0 Å². The van der Waals surface area contributed by atoms with E-state index in [1.807, 2.05) is 6.92 Å². The Kier molecular flexibility index (Phi) is 3.96. The van der Waals surface area contributed by atoms with Gasteiger partial charge in [0.1, 0.15) is 0 Å². The summed E-state index contributed by atoms with van der Waals surface area (Å²) in [5, 5.41) is 18.1. The van der Waals surface area contributed by atoms with E-state index in [1.54, 1.807) is 12.1 Å². The minimum atomic E-state index is -0.403. The minimum absolute atomic E-state index is 0.0211. The molecule has 0 aliphatic carbocycles. The van der Waals surface area contributed by atoms with Crippen molar-refractivity contribution in [2.45, 2.75) is 50.7 Å². The molecule has 1 aromatic carbocycles. The lowest BCUT2D eigenvalue weighted by Gasteiger charge is -2.30. The van der Waals surface area contributed by atoms with Crippen molar-refractivity contribution < 1.29 is 9.66 Å². The molecule has 2 atom stereocenters. The number of benzene rings is 1. The molecule has 2 saturated heterocycles. The van der Waals surface area contributed by atoms with E-state index in [4.69, 9.17) is 4.74 Å². The first-order valence-electron chi connectivity index (χ1n) is 7.59. The second kappa shape index (κ2) is 5.89. The number of nitro groups is 1. The zero-order chi connectivity index (χ0) is 14.8. The number of nitro benzene ring substituents is 1. The summed E-state index contributed by atoms with van der Waals surface area (Å²) in [5.74, 6) is 0.337. The monoisotopic (exact) mass is 291 g/mol. The Hall–Kier alpha value is -1.82. The number of fused-ring (bicyclic) bond motifs is 2. The molecule has 0 spiro atoms. The van der Waals surface area contributed by atoms with Gasteiger partial charge in [-0.1, -0.05) is 0 Å². The standard InChI is InChI=1S/C15H21N3O3/c1-2-21-15-9-12(5-6-14(15)18(19)20)17-13-7-10-3-4-11(8-13)16-10/h5-6,9-11,13,16-17H,2-4,7-8H2,1H3. The molecule has 0 aromatic heterocycles. The number of anilines is 1. The van der Waals surface area contributed by atoms with Crippen LogP contribution in [0.2, 0.25) is 0 Å². The van der Waals surface area contributed by atoms with Gasteiger partial charge < -0.3 is 15.4 Å². The third-order valence-corrected chi connectivity index (χ3v) is 4.30. The summed E-state index contributed by atoms with van der Waals surface area (Å²) < 4.78 is 5.39. The Labute approximate surface area is 124 Å². The van der Waals surface area contributed by atoms with E-state index in [0.717, 1.165) is 18.5 Å². The summed E-state index contributed by atoms with van der Waals surface area (Å²) in [6.07, 6.45) is 4.73. The Morgan fingerprint density at radius 3 is 2.71 bits per heavy atom. The van der Waals surface area contributed by atoms with Crippen LogP contribution in [0.15, 0.2) is 18.2 Å². The van der Waals surface area contributed by atoms with E-state index < -0.39 is 4.92 Å². The molecule has 0 saturated carbocycles. The second-order valence-corrected chi connectivity index (χ2v) is 5.82. The van der Waals surface area contributed by atoms with Crippen molar-refractivity contribution in [2.24, 2.45) is 0 Å². The first kappa shape index (κ1) is 14.1. The molecule has 2 bridgehead atoms. The Bertz CT molecular complexity index is 523. The Morgan fingerprint density at radius 2 is 2.10 bits per heavy atom. The van der Waals surface area contributed by atoms with Crippen molar-refractivity contribution in [3.63, 3.8) is 0 Å². The molecular weight excluding hydrogens is 270 g/mol. The SMILES string of the molecule is CCOc1cc(NC2CC3CCC(C2)N3)ccc1[N+](=O)[O-]. The summed E-state index contributed by atoms with van der Waals surface area (Å²) in [6.45, 7) is 2.25. The number of piperidine rings is 1. The average Bonchev–Trinajstić information content (AvgIpc) is 2.78. The molecule has 6 heteroatoms. The molecule has 2 heterocycles. The van der Waals surface area contributed by atoms with E-state index in [-0.39, 0.29) is 5.69 Å². The lowest BCUT2D eigenvalue weighted by atomic mass is 9.99. The maximum absolute atomic E-state index is 11.0. The zero-order valence-corrected chi connectivity index (χ0v) is 12.2. The van der Waals surface area contributed by atoms with E-state index in [9.17, 15) is 10.1 Å². The summed E-state index contributed by atoms with van der Waals surface area (Å²) in [7, 11) is 0. The fourth-order valence-corrected chi connectivity index (χ4v) is 3.44. The molecule has 114 valence electrons. The third kappa shape index (κ3) is 3.10. The van der Waals surface area contributed by atoms with Gasteiger partial charge in [-0.25, -0.2) is 0 Å². The van der Waals surface area contributed by atoms with Crippen LogP contribution in [-0.4, -0.2) is 29.7 Å². The first-order chi connectivity index (χ1) is 10.2. The second-order valence-electron chi connectivity index (χ2n) is 5.82. The predicted octanol–water partition coefficient (Wildman–Crippen LogP) is 2.69. The lowest BCUT2D eigenvalue weighted by Crippen LogP contribution is -2.43. The van der Waals surface area contributed by atoms with Crippen LogP contribution < -0.4 is 15.4 Å². The molecule has 2 aliphatic rings. The van der Waals surface area contributed by atoms with Gasteiger partial charge in [0, 0.05) is 35.9 Å². The molecule has 0 radical (unpaired) electrons. The quantitative estimate of drug-likeness (QED) is 0.644. The minimum Gasteiger partial charge on any atom is -0.487 e. The normalized spacial score (nSPS) is 27.4. The molecule has 2 N–H and O–H groups in total. The molecule has 2 unspecified atom stereocenters. The predicted molar refractivity (Wildman–Crippen MR) is 80.9 cm³/mol. The first-order valence-corrected chi connectivity index (χ1v) is 7.59. The smallest absolute Gasteiger partial charge is 0.311 e. The van der Waals surface area contributed by atoms with Crippen LogP contribution in [0.1, 0.15) is 32.6 Å². The van der Waals surface area contributed by atoms with Crippen molar-refractivity contribution in [3.05, 3.63) is 28.3 Å². The molecule has 2 aliphatic heterocycles. The summed E-state index contributed by atoms with van der Waals surface area (Å²) in [5.41, 5.74) is 0.920. The van der Waals surface area contributed by atoms with Gasteiger partial charge in [-0.3, -0.25) is 10.1 Å². The number of nitrogens with zero attached hydrogens (tertiary/aromatic N) is 1. The van der Waals surface area contributed by atoms with Gasteiger partial charge in [-0.05, 0) is 38.7 Å². The van der Waals surface area contributed by atoms with E-state index in [1.165, 1.54) is 18.9 Å². The van der Waals surface area contributed by atoms with Gasteiger partial charge in [0.15, 0.2) is 5.75 Å². The van der Waals surface area contributed by atoms with Crippen molar-refractivity contribution in [3.8, 4) is 5.75 Å². The topological polar surface area (TPSA) is 76.4 Å². The maximum Gasteiger partial charge on any atom is 0.311 e. The van der Waals surface area contributed by atoms with E-state index >= 15 is 0 Å². The van der Waals surface area contributed by atoms with Crippen molar-refractivity contribution in [2.75, 3.05) is 11.9 Å². The van der Waals surface area contributed by atoms with Gasteiger partial charge in [0.25, 0.3) is 0 Å². The highest BCUT2D eigenvalue weighted by atomic mass is 16.6. The molecule has 1 aromatic rings. The van der Waals surface area contributed by atoms with Gasteiger partial charge in [-0.2, -0.15) is 0 Å². The van der Waals surface area contributed by atoms with Crippen LogP contribution in [0.25, 0.3) is 0 Å². The molecule has 21 heavy (non-hydrogen) atoms. The van der Waals surface area contributed by atoms with Crippen LogP contribution in [-0.2, 0) is 0 Å². The number of rotatable bonds is 5. The average molecular weight is 291 g/mol. The van der Waals surface area contributed by atoms with E-state index in [2.05, 4.69) is 10.6 Å². The van der Waals surface area contributed by atoms with Gasteiger partial charge in [0.05, 0.1) is 11.5 Å². The molecular formula is C15H21N3O3. The molecule has 0 amide bonds. The highest BCUT2D eigenvalue weighted by Crippen LogP contribution is 2.33. The maximum atomic E-state index is 11.0.